The summed E-state index contributed by atoms with van der Waals surface area (Å²) in [5, 5.41) is 18.7. The summed E-state index contributed by atoms with van der Waals surface area (Å²) in [7, 11) is 1.56. The Labute approximate surface area is 203 Å². The Bertz CT molecular complexity index is 1240. The number of benzene rings is 2. The number of amides is 2. The fraction of sp³-hybridized carbons (Fsp3) is 0.308. The van der Waals surface area contributed by atoms with Gasteiger partial charge in [0.15, 0.2) is 0 Å². The van der Waals surface area contributed by atoms with Gasteiger partial charge in [0.05, 0.1) is 17.3 Å². The topological polar surface area (TPSA) is 123 Å². The number of ether oxygens (including phenoxy) is 1. The monoisotopic (exact) mass is 476 g/mol. The maximum atomic E-state index is 12.8. The number of nitrogens with zero attached hydrogens (tertiary/aromatic N) is 2. The van der Waals surface area contributed by atoms with Crippen LogP contribution >= 0.6 is 0 Å². The standard InChI is InChI=1S/C26H28N4O5/c1-4-26(2,24(32)33)15-27-23(31)22-21(13-28-30(22)3)29-25(34)35-14-20-18-11-7-5-9-16(18)17-10-6-8-12-19(17)20/h5-13,20H,4,14-15H2,1-3H3,(H,27,31)(H,29,34)(H,32,33). The number of aromatic nitrogens is 2. The second-order valence-electron chi connectivity index (χ2n) is 8.88. The minimum absolute atomic E-state index is 0.0623. The number of nitrogens with one attached hydrogen (secondary N) is 2. The molecule has 1 unspecified atom stereocenters. The summed E-state index contributed by atoms with van der Waals surface area (Å²) in [6.07, 6.45) is 0.989. The van der Waals surface area contributed by atoms with Crippen LogP contribution in [0.3, 0.4) is 0 Å². The molecular formula is C26H28N4O5. The lowest BCUT2D eigenvalue weighted by atomic mass is 9.88. The van der Waals surface area contributed by atoms with E-state index >= 15 is 0 Å². The van der Waals surface area contributed by atoms with Crippen LogP contribution in [0, 0.1) is 5.41 Å². The molecule has 0 aliphatic heterocycles. The Kier molecular flexibility index (Phi) is 6.59. The van der Waals surface area contributed by atoms with Gasteiger partial charge in [-0.1, -0.05) is 55.5 Å². The summed E-state index contributed by atoms with van der Waals surface area (Å²) in [6.45, 7) is 3.38. The lowest BCUT2D eigenvalue weighted by molar-refractivity contribution is -0.147. The first-order chi connectivity index (χ1) is 16.7. The molecule has 9 heteroatoms. The van der Waals surface area contributed by atoms with Gasteiger partial charge < -0.3 is 15.2 Å². The number of carbonyl (C=O) groups excluding carboxylic acids is 2. The Morgan fingerprint density at radius 3 is 2.26 bits per heavy atom. The molecule has 4 rings (SSSR count). The van der Waals surface area contributed by atoms with E-state index in [1.54, 1.807) is 20.9 Å². The van der Waals surface area contributed by atoms with Gasteiger partial charge in [0.1, 0.15) is 12.3 Å². The second kappa shape index (κ2) is 9.61. The lowest BCUT2D eigenvalue weighted by Gasteiger charge is -2.23. The highest BCUT2D eigenvalue weighted by Gasteiger charge is 2.33. The SMILES string of the molecule is CCC(C)(CNC(=O)c1c(NC(=O)OCC2c3ccccc3-c3ccccc32)cnn1C)C(=O)O. The molecule has 0 saturated heterocycles. The van der Waals surface area contributed by atoms with E-state index < -0.39 is 23.4 Å². The van der Waals surface area contributed by atoms with E-state index in [0.717, 1.165) is 22.3 Å². The van der Waals surface area contributed by atoms with Crippen molar-refractivity contribution < 1.29 is 24.2 Å². The number of fused-ring (bicyclic) bond motifs is 3. The van der Waals surface area contributed by atoms with Crippen molar-refractivity contribution in [3.05, 3.63) is 71.5 Å². The smallest absolute Gasteiger partial charge is 0.411 e. The van der Waals surface area contributed by atoms with E-state index in [4.69, 9.17) is 4.74 Å². The molecule has 1 aliphatic carbocycles. The van der Waals surface area contributed by atoms with Crippen molar-refractivity contribution in [1.82, 2.24) is 15.1 Å². The minimum atomic E-state index is -1.10. The molecule has 2 aromatic carbocycles. The molecule has 0 radical (unpaired) electrons. The van der Waals surface area contributed by atoms with Gasteiger partial charge in [0.25, 0.3) is 5.91 Å². The van der Waals surface area contributed by atoms with Crippen LogP contribution in [0.15, 0.2) is 54.7 Å². The highest BCUT2D eigenvalue weighted by atomic mass is 16.5. The minimum Gasteiger partial charge on any atom is -0.481 e. The van der Waals surface area contributed by atoms with Crippen LogP contribution in [0.25, 0.3) is 11.1 Å². The molecule has 9 nitrogen and oxygen atoms in total. The average Bonchev–Trinajstić information content (AvgIpc) is 3.38. The van der Waals surface area contributed by atoms with Crippen LogP contribution in [-0.4, -0.2) is 46.0 Å². The van der Waals surface area contributed by atoms with Crippen molar-refractivity contribution in [1.29, 1.82) is 0 Å². The van der Waals surface area contributed by atoms with Crippen LogP contribution in [0.5, 0.6) is 0 Å². The molecule has 0 bridgehead atoms. The molecule has 0 spiro atoms. The van der Waals surface area contributed by atoms with Crippen LogP contribution in [0.4, 0.5) is 10.5 Å². The van der Waals surface area contributed by atoms with Gasteiger partial charge in [0.2, 0.25) is 0 Å². The molecule has 1 heterocycles. The van der Waals surface area contributed by atoms with Crippen molar-refractivity contribution >= 4 is 23.7 Å². The third-order valence-corrected chi connectivity index (χ3v) is 6.67. The van der Waals surface area contributed by atoms with E-state index in [-0.39, 0.29) is 30.5 Å². The summed E-state index contributed by atoms with van der Waals surface area (Å²) in [5.41, 5.74) is 3.63. The van der Waals surface area contributed by atoms with Gasteiger partial charge in [-0.2, -0.15) is 5.10 Å². The van der Waals surface area contributed by atoms with Gasteiger partial charge in [-0.3, -0.25) is 19.6 Å². The van der Waals surface area contributed by atoms with Gasteiger partial charge in [0, 0.05) is 19.5 Å². The van der Waals surface area contributed by atoms with E-state index in [1.165, 1.54) is 10.9 Å². The summed E-state index contributed by atoms with van der Waals surface area (Å²) in [4.78, 5) is 37.0. The number of hydrogen-bond acceptors (Lipinski definition) is 5. The fourth-order valence-corrected chi connectivity index (χ4v) is 4.25. The Hall–Kier alpha value is -4.14. The molecule has 1 atom stereocenters. The van der Waals surface area contributed by atoms with E-state index in [1.807, 2.05) is 36.4 Å². The zero-order chi connectivity index (χ0) is 25.2. The molecule has 1 aromatic heterocycles. The van der Waals surface area contributed by atoms with E-state index in [9.17, 15) is 19.5 Å². The largest absolute Gasteiger partial charge is 0.481 e. The summed E-state index contributed by atoms with van der Waals surface area (Å²) < 4.78 is 6.87. The summed E-state index contributed by atoms with van der Waals surface area (Å²) in [6, 6.07) is 16.1. The number of carboxylic acids is 1. The predicted octanol–water partition coefficient (Wildman–Crippen LogP) is 4.01. The normalized spacial score (nSPS) is 13.9. The fourth-order valence-electron chi connectivity index (χ4n) is 4.25. The van der Waals surface area contributed by atoms with Crippen molar-refractivity contribution in [2.75, 3.05) is 18.5 Å². The molecule has 3 N–H and O–H groups in total. The van der Waals surface area contributed by atoms with Crippen LogP contribution in [0.2, 0.25) is 0 Å². The number of carboxylic acid groups (broad SMARTS) is 1. The number of aryl methyl sites for hydroxylation is 1. The Morgan fingerprint density at radius 2 is 1.69 bits per heavy atom. The molecule has 182 valence electrons. The summed E-state index contributed by atoms with van der Waals surface area (Å²) >= 11 is 0. The van der Waals surface area contributed by atoms with E-state index in [2.05, 4.69) is 27.9 Å². The number of hydrogen-bond donors (Lipinski definition) is 3. The summed E-state index contributed by atoms with van der Waals surface area (Å²) in [5.74, 6) is -1.63. The van der Waals surface area contributed by atoms with Crippen molar-refractivity contribution in [2.24, 2.45) is 12.5 Å². The zero-order valence-corrected chi connectivity index (χ0v) is 19.9. The van der Waals surface area contributed by atoms with Crippen LogP contribution in [0.1, 0.15) is 47.8 Å². The maximum absolute atomic E-state index is 12.8. The highest BCUT2D eigenvalue weighted by molar-refractivity contribution is 6.01. The van der Waals surface area contributed by atoms with Gasteiger partial charge in [-0.05, 0) is 35.6 Å². The molecule has 3 aromatic rings. The molecule has 0 fully saturated rings. The third kappa shape index (κ3) is 4.62. The van der Waals surface area contributed by atoms with Crippen molar-refractivity contribution in [2.45, 2.75) is 26.2 Å². The maximum Gasteiger partial charge on any atom is 0.411 e. The number of carbonyl (C=O) groups is 3. The number of aliphatic carboxylic acids is 1. The second-order valence-corrected chi connectivity index (χ2v) is 8.88. The first kappa shape index (κ1) is 24.0. The predicted molar refractivity (Wildman–Crippen MR) is 130 cm³/mol. The average molecular weight is 477 g/mol. The van der Waals surface area contributed by atoms with Gasteiger partial charge >= 0.3 is 12.1 Å². The van der Waals surface area contributed by atoms with Crippen molar-refractivity contribution in [3.63, 3.8) is 0 Å². The molecular weight excluding hydrogens is 448 g/mol. The third-order valence-electron chi connectivity index (χ3n) is 6.67. The Balaban J connectivity index is 1.43. The highest BCUT2D eigenvalue weighted by Crippen LogP contribution is 2.44. The van der Waals surface area contributed by atoms with Crippen LogP contribution < -0.4 is 10.6 Å². The van der Waals surface area contributed by atoms with Gasteiger partial charge in [-0.25, -0.2) is 4.79 Å². The molecule has 0 saturated carbocycles. The first-order valence-corrected chi connectivity index (χ1v) is 11.4. The quantitative estimate of drug-likeness (QED) is 0.451. The molecule has 1 aliphatic rings. The molecule has 35 heavy (non-hydrogen) atoms. The zero-order valence-electron chi connectivity index (χ0n) is 19.9. The van der Waals surface area contributed by atoms with Gasteiger partial charge in [-0.15, -0.1) is 0 Å². The Morgan fingerprint density at radius 1 is 1.09 bits per heavy atom. The van der Waals surface area contributed by atoms with Crippen molar-refractivity contribution in [3.8, 4) is 11.1 Å². The van der Waals surface area contributed by atoms with E-state index in [0.29, 0.717) is 6.42 Å². The number of anilines is 1. The van der Waals surface area contributed by atoms with Crippen LogP contribution in [-0.2, 0) is 16.6 Å². The first-order valence-electron chi connectivity index (χ1n) is 11.4. The lowest BCUT2D eigenvalue weighted by Crippen LogP contribution is -2.41. The number of rotatable bonds is 8. The molecule has 2 amide bonds.